The van der Waals surface area contributed by atoms with Gasteiger partial charge in [-0.3, -0.25) is 4.79 Å². The van der Waals surface area contributed by atoms with Crippen LogP contribution >= 0.6 is 0 Å². The van der Waals surface area contributed by atoms with E-state index in [1.54, 1.807) is 7.11 Å². The standard InChI is InChI=1S/C22H24O3/c1-24-18-12-14-19(15-13-18)25-22(16-17-8-4-2-5-9-17)20-10-6-3-7-11-21(20)23/h2,4-5,8-9,12-15H,3,6-7,10-11,16H2,1H3/b22-20+. The fourth-order valence-corrected chi connectivity index (χ4v) is 3.12. The van der Waals surface area contributed by atoms with Gasteiger partial charge in [0.25, 0.3) is 0 Å². The molecule has 0 atom stereocenters. The molecule has 0 spiro atoms. The predicted molar refractivity (Wildman–Crippen MR) is 98.9 cm³/mol. The molecule has 1 aliphatic rings. The Kier molecular flexibility index (Phi) is 5.89. The number of rotatable bonds is 5. The molecule has 1 aliphatic carbocycles. The fourth-order valence-electron chi connectivity index (χ4n) is 3.12. The zero-order valence-corrected chi connectivity index (χ0v) is 14.7. The molecule has 1 saturated carbocycles. The van der Waals surface area contributed by atoms with E-state index in [-0.39, 0.29) is 5.78 Å². The SMILES string of the molecule is COc1ccc(O/C(Cc2ccccc2)=C2\CCCCCC2=O)cc1. The molecule has 25 heavy (non-hydrogen) atoms. The van der Waals surface area contributed by atoms with Gasteiger partial charge in [0, 0.05) is 18.4 Å². The summed E-state index contributed by atoms with van der Waals surface area (Å²) in [4.78, 5) is 12.6. The van der Waals surface area contributed by atoms with Gasteiger partial charge in [0.15, 0.2) is 5.78 Å². The molecule has 3 rings (SSSR count). The minimum atomic E-state index is 0.233. The van der Waals surface area contributed by atoms with Gasteiger partial charge in [0.1, 0.15) is 17.3 Å². The van der Waals surface area contributed by atoms with Crippen LogP contribution in [-0.2, 0) is 11.2 Å². The van der Waals surface area contributed by atoms with Gasteiger partial charge in [-0.15, -0.1) is 0 Å². The van der Waals surface area contributed by atoms with Crippen molar-refractivity contribution in [1.29, 1.82) is 0 Å². The molecule has 130 valence electrons. The Morgan fingerprint density at radius 1 is 0.880 bits per heavy atom. The number of benzene rings is 2. The van der Waals surface area contributed by atoms with Gasteiger partial charge < -0.3 is 9.47 Å². The lowest BCUT2D eigenvalue weighted by molar-refractivity contribution is -0.115. The Morgan fingerprint density at radius 2 is 1.56 bits per heavy atom. The van der Waals surface area contributed by atoms with Gasteiger partial charge in [-0.2, -0.15) is 0 Å². The third-order valence-corrected chi connectivity index (χ3v) is 4.51. The molecule has 0 saturated heterocycles. The molecule has 0 unspecified atom stereocenters. The number of carbonyl (C=O) groups excluding carboxylic acids is 1. The van der Waals surface area contributed by atoms with Crippen molar-refractivity contribution in [1.82, 2.24) is 0 Å². The van der Waals surface area contributed by atoms with Crippen LogP contribution in [0.3, 0.4) is 0 Å². The predicted octanol–water partition coefficient (Wildman–Crippen LogP) is 5.10. The van der Waals surface area contributed by atoms with E-state index in [0.29, 0.717) is 12.8 Å². The van der Waals surface area contributed by atoms with Crippen LogP contribution < -0.4 is 9.47 Å². The lowest BCUT2D eigenvalue weighted by atomic mass is 10.0. The van der Waals surface area contributed by atoms with Crippen LogP contribution in [0.4, 0.5) is 0 Å². The Morgan fingerprint density at radius 3 is 2.28 bits per heavy atom. The molecule has 2 aromatic rings. The lowest BCUT2D eigenvalue weighted by Gasteiger charge is -2.15. The smallest absolute Gasteiger partial charge is 0.162 e. The summed E-state index contributed by atoms with van der Waals surface area (Å²) in [7, 11) is 1.64. The average Bonchev–Trinajstić information content (AvgIpc) is 2.87. The quantitative estimate of drug-likeness (QED) is 0.433. The lowest BCUT2D eigenvalue weighted by Crippen LogP contribution is -2.10. The molecule has 0 amide bonds. The number of allylic oxidation sites excluding steroid dienone is 2. The van der Waals surface area contributed by atoms with Crippen LogP contribution in [0.2, 0.25) is 0 Å². The molecule has 3 nitrogen and oxygen atoms in total. The first-order chi connectivity index (χ1) is 12.3. The average molecular weight is 336 g/mol. The van der Waals surface area contributed by atoms with Crippen molar-refractivity contribution in [3.63, 3.8) is 0 Å². The highest BCUT2D eigenvalue weighted by molar-refractivity contribution is 5.96. The summed E-state index contributed by atoms with van der Waals surface area (Å²) in [6, 6.07) is 17.7. The van der Waals surface area contributed by atoms with Crippen LogP contribution in [0.25, 0.3) is 0 Å². The number of ketones is 1. The highest BCUT2D eigenvalue weighted by Crippen LogP contribution is 2.27. The van der Waals surface area contributed by atoms with E-state index >= 15 is 0 Å². The molecule has 0 aliphatic heterocycles. The Bertz CT molecular complexity index is 730. The van der Waals surface area contributed by atoms with Gasteiger partial charge in [0.2, 0.25) is 0 Å². The first-order valence-corrected chi connectivity index (χ1v) is 8.87. The van der Waals surface area contributed by atoms with Crippen molar-refractivity contribution in [3.8, 4) is 11.5 Å². The van der Waals surface area contributed by atoms with Crippen molar-refractivity contribution in [2.45, 2.75) is 38.5 Å². The van der Waals surface area contributed by atoms with E-state index in [4.69, 9.17) is 9.47 Å². The van der Waals surface area contributed by atoms with E-state index < -0.39 is 0 Å². The van der Waals surface area contributed by atoms with Gasteiger partial charge in [0.05, 0.1) is 7.11 Å². The number of carbonyl (C=O) groups is 1. The summed E-state index contributed by atoms with van der Waals surface area (Å²) in [5, 5.41) is 0. The van der Waals surface area contributed by atoms with Gasteiger partial charge in [-0.25, -0.2) is 0 Å². The number of methoxy groups -OCH3 is 1. The van der Waals surface area contributed by atoms with Gasteiger partial charge in [-0.05, 0) is 49.1 Å². The molecule has 2 aromatic carbocycles. The van der Waals surface area contributed by atoms with Crippen molar-refractivity contribution in [3.05, 3.63) is 71.5 Å². The third kappa shape index (κ3) is 4.72. The van der Waals surface area contributed by atoms with Crippen molar-refractivity contribution < 1.29 is 14.3 Å². The van der Waals surface area contributed by atoms with Crippen molar-refractivity contribution in [2.24, 2.45) is 0 Å². The minimum absolute atomic E-state index is 0.233. The first kappa shape index (κ1) is 17.3. The van der Waals surface area contributed by atoms with E-state index in [0.717, 1.165) is 54.1 Å². The van der Waals surface area contributed by atoms with E-state index in [2.05, 4.69) is 12.1 Å². The second-order valence-corrected chi connectivity index (χ2v) is 6.33. The van der Waals surface area contributed by atoms with Crippen molar-refractivity contribution in [2.75, 3.05) is 7.11 Å². The third-order valence-electron chi connectivity index (χ3n) is 4.51. The summed E-state index contributed by atoms with van der Waals surface area (Å²) >= 11 is 0. The molecule has 0 bridgehead atoms. The second kappa shape index (κ2) is 8.52. The topological polar surface area (TPSA) is 35.5 Å². The fraction of sp³-hybridized carbons (Fsp3) is 0.318. The highest BCUT2D eigenvalue weighted by Gasteiger charge is 2.20. The summed E-state index contributed by atoms with van der Waals surface area (Å²) < 4.78 is 11.4. The largest absolute Gasteiger partial charge is 0.497 e. The summed E-state index contributed by atoms with van der Waals surface area (Å²) in [5.41, 5.74) is 2.01. The van der Waals surface area contributed by atoms with Crippen LogP contribution in [0, 0.1) is 0 Å². The zero-order valence-electron chi connectivity index (χ0n) is 14.7. The molecular weight excluding hydrogens is 312 g/mol. The molecule has 0 heterocycles. The number of hydrogen-bond acceptors (Lipinski definition) is 3. The molecule has 1 fully saturated rings. The van der Waals surface area contributed by atoms with Gasteiger partial charge in [-0.1, -0.05) is 36.8 Å². The normalized spacial score (nSPS) is 16.9. The number of Topliss-reactive ketones (excluding diaryl/α,β-unsaturated/α-hetero) is 1. The molecule has 3 heteroatoms. The Balaban J connectivity index is 1.91. The number of hydrogen-bond donors (Lipinski definition) is 0. The maximum Gasteiger partial charge on any atom is 0.162 e. The van der Waals surface area contributed by atoms with Crippen LogP contribution in [-0.4, -0.2) is 12.9 Å². The molecular formula is C22H24O3. The Hall–Kier alpha value is -2.55. The van der Waals surface area contributed by atoms with Gasteiger partial charge >= 0.3 is 0 Å². The first-order valence-electron chi connectivity index (χ1n) is 8.87. The highest BCUT2D eigenvalue weighted by atomic mass is 16.5. The van der Waals surface area contributed by atoms with E-state index in [1.165, 1.54) is 0 Å². The summed E-state index contributed by atoms with van der Waals surface area (Å²) in [6.07, 6.45) is 5.19. The minimum Gasteiger partial charge on any atom is -0.497 e. The number of ether oxygens (including phenoxy) is 2. The summed E-state index contributed by atoms with van der Waals surface area (Å²) in [6.45, 7) is 0. The summed E-state index contributed by atoms with van der Waals surface area (Å²) in [5.74, 6) is 2.53. The molecule has 0 N–H and O–H groups in total. The molecule has 0 radical (unpaired) electrons. The van der Waals surface area contributed by atoms with E-state index in [9.17, 15) is 4.79 Å². The molecule has 0 aromatic heterocycles. The second-order valence-electron chi connectivity index (χ2n) is 6.33. The monoisotopic (exact) mass is 336 g/mol. The van der Waals surface area contributed by atoms with Crippen LogP contribution in [0.5, 0.6) is 11.5 Å². The Labute approximate surface area is 149 Å². The maximum absolute atomic E-state index is 12.6. The van der Waals surface area contributed by atoms with Crippen LogP contribution in [0.15, 0.2) is 65.9 Å². The zero-order chi connectivity index (χ0) is 17.5. The van der Waals surface area contributed by atoms with Crippen LogP contribution in [0.1, 0.15) is 37.7 Å². The van der Waals surface area contributed by atoms with Crippen molar-refractivity contribution >= 4 is 5.78 Å². The maximum atomic E-state index is 12.6. The van der Waals surface area contributed by atoms with E-state index in [1.807, 2.05) is 42.5 Å².